The van der Waals surface area contributed by atoms with Crippen LogP contribution in [-0.4, -0.2) is 0 Å². The lowest BCUT2D eigenvalue weighted by atomic mass is 9.90. The molecule has 2 rings (SSSR count). The molecule has 0 saturated heterocycles. The van der Waals surface area contributed by atoms with Gasteiger partial charge < -0.3 is 0 Å². The van der Waals surface area contributed by atoms with Crippen LogP contribution in [-0.2, 0) is 0 Å². The van der Waals surface area contributed by atoms with Crippen LogP contribution in [0, 0.1) is 19.8 Å². The molecule has 0 heteroatoms. The largest absolute Gasteiger partial charge is 0.0870 e. The van der Waals surface area contributed by atoms with E-state index in [1.165, 1.54) is 47.9 Å². The SMILES string of the molecule is C/C=C\C(=C(/CCC)C1CC1)c1ccc(C)cc1C. The van der Waals surface area contributed by atoms with Crippen LogP contribution in [0.15, 0.2) is 35.9 Å². The fourth-order valence-electron chi connectivity index (χ4n) is 2.91. The highest BCUT2D eigenvalue weighted by atomic mass is 14.3. The molecule has 1 aromatic rings. The van der Waals surface area contributed by atoms with Gasteiger partial charge in [-0.2, -0.15) is 0 Å². The van der Waals surface area contributed by atoms with Crippen molar-refractivity contribution >= 4 is 5.57 Å². The van der Waals surface area contributed by atoms with Crippen LogP contribution >= 0.6 is 0 Å². The normalized spacial score (nSPS) is 16.8. The zero-order valence-electron chi connectivity index (χ0n) is 12.8. The Bertz CT molecular complexity index is 499. The Balaban J connectivity index is 2.51. The summed E-state index contributed by atoms with van der Waals surface area (Å²) in [6, 6.07) is 6.84. The molecule has 1 aliphatic carbocycles. The third kappa shape index (κ3) is 3.37. The summed E-state index contributed by atoms with van der Waals surface area (Å²) in [6.07, 6.45) is 9.78. The number of aryl methyl sites for hydroxylation is 2. The molecule has 1 aromatic carbocycles. The highest BCUT2D eigenvalue weighted by Crippen LogP contribution is 2.43. The molecule has 0 heterocycles. The highest BCUT2D eigenvalue weighted by Gasteiger charge is 2.27. The van der Waals surface area contributed by atoms with Gasteiger partial charge in [0.2, 0.25) is 0 Å². The highest BCUT2D eigenvalue weighted by molar-refractivity contribution is 5.79. The summed E-state index contributed by atoms with van der Waals surface area (Å²) in [5, 5.41) is 0. The zero-order valence-corrected chi connectivity index (χ0v) is 12.8. The lowest BCUT2D eigenvalue weighted by molar-refractivity contribution is 0.827. The average molecular weight is 254 g/mol. The fraction of sp³-hybridized carbons (Fsp3) is 0.474. The number of hydrogen-bond donors (Lipinski definition) is 0. The van der Waals surface area contributed by atoms with Crippen molar-refractivity contribution in [2.24, 2.45) is 5.92 Å². The third-order valence-corrected chi connectivity index (χ3v) is 3.94. The average Bonchev–Trinajstić information content (AvgIpc) is 3.18. The Morgan fingerprint density at radius 3 is 2.53 bits per heavy atom. The standard InChI is InChI=1S/C19H26/c1-5-7-18(16-10-11-16)19(8-6-2)17-12-9-14(3)13-15(17)4/h6,8-9,12-13,16H,5,7,10-11H2,1-4H3/b8-6-,19-18-. The van der Waals surface area contributed by atoms with Crippen LogP contribution in [0.25, 0.3) is 5.57 Å². The van der Waals surface area contributed by atoms with Gasteiger partial charge >= 0.3 is 0 Å². The molecule has 102 valence electrons. The van der Waals surface area contributed by atoms with E-state index in [4.69, 9.17) is 0 Å². The Kier molecular flexibility index (Phi) is 4.63. The van der Waals surface area contributed by atoms with Gasteiger partial charge in [0.1, 0.15) is 0 Å². The summed E-state index contributed by atoms with van der Waals surface area (Å²) >= 11 is 0. The minimum atomic E-state index is 0.854. The van der Waals surface area contributed by atoms with E-state index in [0.717, 1.165) is 5.92 Å². The Morgan fingerprint density at radius 2 is 2.00 bits per heavy atom. The van der Waals surface area contributed by atoms with Crippen molar-refractivity contribution in [1.82, 2.24) is 0 Å². The number of benzene rings is 1. The molecule has 1 aliphatic rings. The molecular weight excluding hydrogens is 228 g/mol. The second kappa shape index (κ2) is 6.23. The van der Waals surface area contributed by atoms with Crippen LogP contribution in [0.1, 0.15) is 56.2 Å². The van der Waals surface area contributed by atoms with Crippen molar-refractivity contribution in [2.45, 2.75) is 53.4 Å². The Hall–Kier alpha value is -1.30. The molecule has 0 N–H and O–H groups in total. The van der Waals surface area contributed by atoms with E-state index in [1.807, 2.05) is 0 Å². The van der Waals surface area contributed by atoms with Gasteiger partial charge in [-0.25, -0.2) is 0 Å². The summed E-state index contributed by atoms with van der Waals surface area (Å²) in [5.41, 5.74) is 7.36. The van der Waals surface area contributed by atoms with E-state index < -0.39 is 0 Å². The van der Waals surface area contributed by atoms with Crippen molar-refractivity contribution in [1.29, 1.82) is 0 Å². The summed E-state index contributed by atoms with van der Waals surface area (Å²) in [7, 11) is 0. The van der Waals surface area contributed by atoms with Gasteiger partial charge in [-0.1, -0.05) is 54.8 Å². The van der Waals surface area contributed by atoms with Crippen molar-refractivity contribution in [2.75, 3.05) is 0 Å². The summed E-state index contributed by atoms with van der Waals surface area (Å²) in [6.45, 7) is 8.82. The van der Waals surface area contributed by atoms with Crippen LogP contribution in [0.3, 0.4) is 0 Å². The topological polar surface area (TPSA) is 0 Å². The number of hydrogen-bond acceptors (Lipinski definition) is 0. The van der Waals surface area contributed by atoms with Crippen molar-refractivity contribution < 1.29 is 0 Å². The predicted octanol–water partition coefficient (Wildman–Crippen LogP) is 5.84. The molecule has 0 atom stereocenters. The fourth-order valence-corrected chi connectivity index (χ4v) is 2.91. The second-order valence-electron chi connectivity index (χ2n) is 5.78. The van der Waals surface area contributed by atoms with E-state index in [-0.39, 0.29) is 0 Å². The van der Waals surface area contributed by atoms with Gasteiger partial charge in [-0.3, -0.25) is 0 Å². The Labute approximate surface area is 118 Å². The maximum atomic E-state index is 2.32. The molecule has 0 amide bonds. The van der Waals surface area contributed by atoms with Gasteiger partial charge in [0.25, 0.3) is 0 Å². The van der Waals surface area contributed by atoms with Crippen LogP contribution in [0.2, 0.25) is 0 Å². The molecule has 0 aromatic heterocycles. The van der Waals surface area contributed by atoms with Crippen molar-refractivity contribution in [3.63, 3.8) is 0 Å². The van der Waals surface area contributed by atoms with Crippen LogP contribution in [0.4, 0.5) is 0 Å². The smallest absolute Gasteiger partial charge is 0.0155 e. The third-order valence-electron chi connectivity index (χ3n) is 3.94. The molecule has 1 saturated carbocycles. The molecular formula is C19H26. The van der Waals surface area contributed by atoms with Crippen LogP contribution < -0.4 is 0 Å². The van der Waals surface area contributed by atoms with E-state index in [2.05, 4.69) is 58.0 Å². The predicted molar refractivity (Wildman–Crippen MR) is 85.3 cm³/mol. The van der Waals surface area contributed by atoms with E-state index in [0.29, 0.717) is 0 Å². The monoisotopic (exact) mass is 254 g/mol. The molecule has 0 radical (unpaired) electrons. The van der Waals surface area contributed by atoms with Gasteiger partial charge in [0.05, 0.1) is 0 Å². The zero-order chi connectivity index (χ0) is 13.8. The van der Waals surface area contributed by atoms with E-state index in [1.54, 1.807) is 5.57 Å². The number of allylic oxidation sites excluding steroid dienone is 4. The van der Waals surface area contributed by atoms with Crippen molar-refractivity contribution in [3.05, 3.63) is 52.6 Å². The maximum Gasteiger partial charge on any atom is -0.0155 e. The first-order valence-electron chi connectivity index (χ1n) is 7.60. The lowest BCUT2D eigenvalue weighted by Gasteiger charge is -2.15. The van der Waals surface area contributed by atoms with Crippen molar-refractivity contribution in [3.8, 4) is 0 Å². The molecule has 0 bridgehead atoms. The van der Waals surface area contributed by atoms with Gasteiger partial charge in [-0.15, -0.1) is 0 Å². The van der Waals surface area contributed by atoms with E-state index in [9.17, 15) is 0 Å². The molecule has 19 heavy (non-hydrogen) atoms. The first-order valence-corrected chi connectivity index (χ1v) is 7.60. The molecule has 1 fully saturated rings. The number of rotatable bonds is 5. The molecule has 0 spiro atoms. The van der Waals surface area contributed by atoms with Gasteiger partial charge in [-0.05, 0) is 62.7 Å². The van der Waals surface area contributed by atoms with Gasteiger partial charge in [0.15, 0.2) is 0 Å². The minimum Gasteiger partial charge on any atom is -0.0870 e. The lowest BCUT2D eigenvalue weighted by Crippen LogP contribution is -1.96. The first kappa shape index (κ1) is 14.1. The Morgan fingerprint density at radius 1 is 1.26 bits per heavy atom. The quantitative estimate of drug-likeness (QED) is 0.579. The van der Waals surface area contributed by atoms with E-state index >= 15 is 0 Å². The summed E-state index contributed by atoms with van der Waals surface area (Å²) < 4.78 is 0. The molecule has 0 unspecified atom stereocenters. The maximum absolute atomic E-state index is 2.32. The second-order valence-corrected chi connectivity index (χ2v) is 5.78. The minimum absolute atomic E-state index is 0.854. The summed E-state index contributed by atoms with van der Waals surface area (Å²) in [4.78, 5) is 0. The summed E-state index contributed by atoms with van der Waals surface area (Å²) in [5.74, 6) is 0.854. The van der Waals surface area contributed by atoms with Crippen LogP contribution in [0.5, 0.6) is 0 Å². The molecule has 0 nitrogen and oxygen atoms in total. The first-order chi connectivity index (χ1) is 9.17. The van der Waals surface area contributed by atoms with Gasteiger partial charge in [0, 0.05) is 0 Å². The molecule has 0 aliphatic heterocycles.